The van der Waals surface area contributed by atoms with Gasteiger partial charge in [-0.15, -0.1) is 0 Å². The molecule has 0 bridgehead atoms. The predicted molar refractivity (Wildman–Crippen MR) is 91.1 cm³/mol. The topological polar surface area (TPSA) is 61.4 Å². The zero-order valence-electron chi connectivity index (χ0n) is 14.3. The molecule has 0 spiro atoms. The Bertz CT molecular complexity index is 540. The number of nitrogens with zero attached hydrogens (tertiary/aromatic N) is 1. The second-order valence-corrected chi connectivity index (χ2v) is 6.45. The van der Waals surface area contributed by atoms with E-state index in [0.29, 0.717) is 25.6 Å². The molecule has 1 aromatic rings. The summed E-state index contributed by atoms with van der Waals surface area (Å²) in [5, 5.41) is 5.62. The van der Waals surface area contributed by atoms with Gasteiger partial charge in [-0.05, 0) is 29.9 Å². The lowest BCUT2D eigenvalue weighted by atomic mass is 9.97. The first-order chi connectivity index (χ1) is 11.0. The highest BCUT2D eigenvalue weighted by molar-refractivity contribution is 5.80. The van der Waals surface area contributed by atoms with Crippen molar-refractivity contribution >= 4 is 11.9 Å². The first-order valence-electron chi connectivity index (χ1n) is 8.34. The third-order valence-electron chi connectivity index (χ3n) is 4.42. The fourth-order valence-corrected chi connectivity index (χ4v) is 2.89. The van der Waals surface area contributed by atoms with E-state index in [9.17, 15) is 9.59 Å². The number of nitrogens with one attached hydrogen (secondary N) is 2. The van der Waals surface area contributed by atoms with Crippen LogP contribution in [0.4, 0.5) is 4.79 Å². The highest BCUT2D eigenvalue weighted by atomic mass is 16.2. The van der Waals surface area contributed by atoms with Gasteiger partial charge in [0.2, 0.25) is 5.91 Å². The molecule has 1 atom stereocenters. The van der Waals surface area contributed by atoms with Crippen molar-refractivity contribution in [1.29, 1.82) is 0 Å². The van der Waals surface area contributed by atoms with Gasteiger partial charge >= 0.3 is 6.03 Å². The van der Waals surface area contributed by atoms with E-state index in [1.165, 1.54) is 5.56 Å². The largest absolute Gasteiger partial charge is 0.359 e. The van der Waals surface area contributed by atoms with Crippen LogP contribution in [-0.2, 0) is 11.3 Å². The number of rotatable bonds is 4. The highest BCUT2D eigenvalue weighted by Crippen LogP contribution is 2.17. The third kappa shape index (κ3) is 4.71. The molecule has 1 saturated heterocycles. The molecule has 5 nitrogen and oxygen atoms in total. The zero-order chi connectivity index (χ0) is 16.8. The van der Waals surface area contributed by atoms with Crippen LogP contribution >= 0.6 is 0 Å². The highest BCUT2D eigenvalue weighted by Gasteiger charge is 2.27. The predicted octanol–water partition coefficient (Wildman–Crippen LogP) is 2.48. The summed E-state index contributed by atoms with van der Waals surface area (Å²) >= 11 is 0. The molecular formula is C18H27N3O2. The van der Waals surface area contributed by atoms with Gasteiger partial charge in [0.25, 0.3) is 0 Å². The molecule has 1 aliphatic heterocycles. The molecule has 0 aliphatic carbocycles. The summed E-state index contributed by atoms with van der Waals surface area (Å²) in [6.07, 6.45) is 1.72. The molecule has 1 fully saturated rings. The lowest BCUT2D eigenvalue weighted by Crippen LogP contribution is -2.48. The Labute approximate surface area is 138 Å². The number of urea groups is 1. The van der Waals surface area contributed by atoms with Gasteiger partial charge in [-0.25, -0.2) is 4.79 Å². The van der Waals surface area contributed by atoms with Crippen LogP contribution in [0.3, 0.4) is 0 Å². The van der Waals surface area contributed by atoms with Crippen molar-refractivity contribution in [2.45, 2.75) is 39.2 Å². The number of hydrogen-bond acceptors (Lipinski definition) is 2. The number of carbonyl (C=O) groups is 2. The summed E-state index contributed by atoms with van der Waals surface area (Å²) in [5.41, 5.74) is 2.38. The Kier molecular flexibility index (Phi) is 6.02. The van der Waals surface area contributed by atoms with E-state index in [1.807, 2.05) is 0 Å². The molecule has 1 aromatic carbocycles. The maximum Gasteiger partial charge on any atom is 0.317 e. The molecule has 1 unspecified atom stereocenters. The van der Waals surface area contributed by atoms with Crippen LogP contribution in [0.15, 0.2) is 24.3 Å². The maximum absolute atomic E-state index is 12.3. The smallest absolute Gasteiger partial charge is 0.317 e. The molecule has 2 rings (SSSR count). The van der Waals surface area contributed by atoms with Crippen molar-refractivity contribution in [3.05, 3.63) is 35.4 Å². The molecule has 126 valence electrons. The molecule has 0 saturated carbocycles. The van der Waals surface area contributed by atoms with E-state index in [2.05, 4.69) is 48.7 Å². The summed E-state index contributed by atoms with van der Waals surface area (Å²) in [4.78, 5) is 25.8. The van der Waals surface area contributed by atoms with Gasteiger partial charge in [0.05, 0.1) is 5.92 Å². The summed E-state index contributed by atoms with van der Waals surface area (Å²) < 4.78 is 0. The minimum atomic E-state index is -0.0928. The fraction of sp³-hybridized carbons (Fsp3) is 0.556. The fourth-order valence-electron chi connectivity index (χ4n) is 2.89. The van der Waals surface area contributed by atoms with Crippen LogP contribution in [0.1, 0.15) is 43.7 Å². The summed E-state index contributed by atoms with van der Waals surface area (Å²) in [7, 11) is 1.64. The molecule has 5 heteroatoms. The van der Waals surface area contributed by atoms with Crippen LogP contribution in [-0.4, -0.2) is 37.0 Å². The molecule has 1 heterocycles. The molecule has 3 amide bonds. The maximum atomic E-state index is 12.3. The molecule has 0 radical (unpaired) electrons. The van der Waals surface area contributed by atoms with Crippen LogP contribution in [0.5, 0.6) is 0 Å². The van der Waals surface area contributed by atoms with Crippen molar-refractivity contribution in [2.24, 2.45) is 5.92 Å². The third-order valence-corrected chi connectivity index (χ3v) is 4.42. The Hall–Kier alpha value is -2.04. The van der Waals surface area contributed by atoms with E-state index in [4.69, 9.17) is 0 Å². The van der Waals surface area contributed by atoms with Gasteiger partial charge in [-0.2, -0.15) is 0 Å². The van der Waals surface area contributed by atoms with E-state index >= 15 is 0 Å². The molecule has 0 aromatic heterocycles. The minimum Gasteiger partial charge on any atom is -0.359 e. The van der Waals surface area contributed by atoms with Crippen molar-refractivity contribution < 1.29 is 9.59 Å². The Morgan fingerprint density at radius 1 is 1.26 bits per heavy atom. The number of carbonyl (C=O) groups excluding carboxylic acids is 2. The van der Waals surface area contributed by atoms with E-state index in [1.54, 1.807) is 11.9 Å². The van der Waals surface area contributed by atoms with E-state index < -0.39 is 0 Å². The minimum absolute atomic E-state index is 0.0202. The SMILES string of the molecule is CNC(=O)C1CCCN(C(=O)NCc2ccc(C(C)C)cc2)C1. The summed E-state index contributed by atoms with van der Waals surface area (Å²) in [5.74, 6) is 0.435. The molecule has 1 aliphatic rings. The van der Waals surface area contributed by atoms with Crippen LogP contribution in [0.2, 0.25) is 0 Å². The van der Waals surface area contributed by atoms with Gasteiger partial charge in [0.1, 0.15) is 0 Å². The Balaban J connectivity index is 1.85. The average Bonchev–Trinajstić information content (AvgIpc) is 2.59. The summed E-state index contributed by atoms with van der Waals surface area (Å²) in [6, 6.07) is 8.23. The number of amides is 3. The van der Waals surface area contributed by atoms with Gasteiger partial charge in [-0.3, -0.25) is 4.79 Å². The standard InChI is InChI=1S/C18H27N3O2/c1-13(2)15-8-6-14(7-9-15)11-20-18(23)21-10-4-5-16(12-21)17(22)19-3/h6-9,13,16H,4-5,10-12H2,1-3H3,(H,19,22)(H,20,23). The second kappa shape index (κ2) is 7.99. The van der Waals surface area contributed by atoms with Gasteiger partial charge in [-0.1, -0.05) is 38.1 Å². The lowest BCUT2D eigenvalue weighted by Gasteiger charge is -2.31. The quantitative estimate of drug-likeness (QED) is 0.896. The molecule has 2 N–H and O–H groups in total. The molecule has 23 heavy (non-hydrogen) atoms. The van der Waals surface area contributed by atoms with Crippen molar-refractivity contribution in [3.63, 3.8) is 0 Å². The van der Waals surface area contributed by atoms with Crippen molar-refractivity contribution in [1.82, 2.24) is 15.5 Å². The zero-order valence-corrected chi connectivity index (χ0v) is 14.3. The first-order valence-corrected chi connectivity index (χ1v) is 8.34. The lowest BCUT2D eigenvalue weighted by molar-refractivity contribution is -0.125. The Morgan fingerprint density at radius 2 is 1.96 bits per heavy atom. The van der Waals surface area contributed by atoms with Crippen LogP contribution in [0.25, 0.3) is 0 Å². The number of likely N-dealkylation sites (tertiary alicyclic amines) is 1. The first kappa shape index (κ1) is 17.3. The van der Waals surface area contributed by atoms with Gasteiger partial charge in [0.15, 0.2) is 0 Å². The second-order valence-electron chi connectivity index (χ2n) is 6.45. The summed E-state index contributed by atoms with van der Waals surface area (Å²) in [6.45, 7) is 6.05. The van der Waals surface area contributed by atoms with Crippen LogP contribution < -0.4 is 10.6 Å². The van der Waals surface area contributed by atoms with Gasteiger partial charge in [0, 0.05) is 26.7 Å². The normalized spacial score (nSPS) is 17.9. The van der Waals surface area contributed by atoms with Gasteiger partial charge < -0.3 is 15.5 Å². The van der Waals surface area contributed by atoms with Crippen molar-refractivity contribution in [3.8, 4) is 0 Å². The van der Waals surface area contributed by atoms with Crippen LogP contribution in [0, 0.1) is 5.92 Å². The number of hydrogen-bond donors (Lipinski definition) is 2. The van der Waals surface area contributed by atoms with E-state index in [0.717, 1.165) is 18.4 Å². The van der Waals surface area contributed by atoms with Crippen molar-refractivity contribution in [2.75, 3.05) is 20.1 Å². The van der Waals surface area contributed by atoms with E-state index in [-0.39, 0.29) is 17.9 Å². The Morgan fingerprint density at radius 3 is 2.57 bits per heavy atom. The molecular weight excluding hydrogens is 290 g/mol. The number of benzene rings is 1. The average molecular weight is 317 g/mol. The number of piperidine rings is 1. The monoisotopic (exact) mass is 317 g/mol.